The first-order chi connectivity index (χ1) is 9.22. The Morgan fingerprint density at radius 2 is 1.79 bits per heavy atom. The maximum Gasteiger partial charge on any atom is 0.0485 e. The summed E-state index contributed by atoms with van der Waals surface area (Å²) in [6.07, 6.45) is 8.60. The van der Waals surface area contributed by atoms with Crippen LogP contribution >= 0.6 is 27.5 Å². The lowest BCUT2D eigenvalue weighted by molar-refractivity contribution is 0.226. The zero-order valence-corrected chi connectivity index (χ0v) is 13.6. The van der Waals surface area contributed by atoms with Crippen molar-refractivity contribution in [1.29, 1.82) is 0 Å². The fourth-order valence-electron chi connectivity index (χ4n) is 3.71. The average molecular weight is 343 g/mol. The van der Waals surface area contributed by atoms with E-state index >= 15 is 0 Å². The third kappa shape index (κ3) is 2.80. The molecule has 2 fully saturated rings. The molecule has 1 aromatic carbocycles. The minimum Gasteiger partial charge on any atom is -0.371 e. The zero-order chi connectivity index (χ0) is 13.3. The van der Waals surface area contributed by atoms with Crippen LogP contribution in [-0.4, -0.2) is 13.1 Å². The minimum absolute atomic E-state index is 0.573. The molecular weight excluding hydrogens is 322 g/mol. The number of rotatable bonds is 2. The lowest BCUT2D eigenvalue weighted by Gasteiger charge is -2.40. The molecule has 19 heavy (non-hydrogen) atoms. The second-order valence-electron chi connectivity index (χ2n) is 6.10. The summed E-state index contributed by atoms with van der Waals surface area (Å²) in [6.45, 7) is 2.43. The second kappa shape index (κ2) is 5.65. The standard InChI is InChI=1S/C16H21BrClN/c17-15-11-14(4-3-13(15)12-18)19-9-7-16(8-10-19)5-1-2-6-16/h3-4,11H,1-2,5-10,12H2. The van der Waals surface area contributed by atoms with Crippen molar-refractivity contribution < 1.29 is 0 Å². The number of piperidine rings is 1. The van der Waals surface area contributed by atoms with Crippen molar-refractivity contribution in [2.75, 3.05) is 18.0 Å². The summed E-state index contributed by atoms with van der Waals surface area (Å²) in [5, 5.41) is 0. The molecule has 1 spiro atoms. The topological polar surface area (TPSA) is 3.24 Å². The van der Waals surface area contributed by atoms with Crippen LogP contribution in [0.15, 0.2) is 22.7 Å². The third-order valence-electron chi connectivity index (χ3n) is 5.03. The van der Waals surface area contributed by atoms with Crippen molar-refractivity contribution in [3.63, 3.8) is 0 Å². The third-order valence-corrected chi connectivity index (χ3v) is 6.06. The second-order valence-corrected chi connectivity index (χ2v) is 7.23. The largest absolute Gasteiger partial charge is 0.371 e. The van der Waals surface area contributed by atoms with Crippen LogP contribution < -0.4 is 4.90 Å². The van der Waals surface area contributed by atoms with E-state index in [9.17, 15) is 0 Å². The fraction of sp³-hybridized carbons (Fsp3) is 0.625. The Kier molecular flexibility index (Phi) is 4.09. The van der Waals surface area contributed by atoms with Crippen LogP contribution in [0.2, 0.25) is 0 Å². The highest BCUT2D eigenvalue weighted by molar-refractivity contribution is 9.10. The van der Waals surface area contributed by atoms with Gasteiger partial charge in [-0.05, 0) is 48.8 Å². The molecule has 1 aliphatic carbocycles. The van der Waals surface area contributed by atoms with E-state index in [2.05, 4.69) is 39.0 Å². The first-order valence-electron chi connectivity index (χ1n) is 7.32. The molecule has 104 valence electrons. The molecule has 1 nitrogen and oxygen atoms in total. The highest BCUT2D eigenvalue weighted by Crippen LogP contribution is 2.46. The highest BCUT2D eigenvalue weighted by Gasteiger charge is 2.36. The fourth-order valence-corrected chi connectivity index (χ4v) is 4.61. The SMILES string of the molecule is ClCc1ccc(N2CCC3(CCCC3)CC2)cc1Br. The molecule has 0 aromatic heterocycles. The van der Waals surface area contributed by atoms with Gasteiger partial charge in [0.1, 0.15) is 0 Å². The highest BCUT2D eigenvalue weighted by atomic mass is 79.9. The van der Waals surface area contributed by atoms with Gasteiger partial charge in [-0.1, -0.05) is 34.8 Å². The number of nitrogens with zero attached hydrogens (tertiary/aromatic N) is 1. The van der Waals surface area contributed by atoms with E-state index in [0.29, 0.717) is 11.3 Å². The normalized spacial score (nSPS) is 22.1. The molecule has 1 aromatic rings. The monoisotopic (exact) mass is 341 g/mol. The van der Waals surface area contributed by atoms with Crippen molar-refractivity contribution >= 4 is 33.2 Å². The summed E-state index contributed by atoms with van der Waals surface area (Å²) in [5.41, 5.74) is 3.22. The van der Waals surface area contributed by atoms with Crippen LogP contribution in [0, 0.1) is 5.41 Å². The van der Waals surface area contributed by atoms with Crippen LogP contribution in [-0.2, 0) is 5.88 Å². The van der Waals surface area contributed by atoms with Gasteiger partial charge in [0.25, 0.3) is 0 Å². The first-order valence-corrected chi connectivity index (χ1v) is 8.65. The van der Waals surface area contributed by atoms with Crippen LogP contribution in [0.25, 0.3) is 0 Å². The Bertz CT molecular complexity index is 444. The van der Waals surface area contributed by atoms with Gasteiger partial charge in [0.15, 0.2) is 0 Å². The van der Waals surface area contributed by atoms with Crippen molar-refractivity contribution in [2.24, 2.45) is 5.41 Å². The van der Waals surface area contributed by atoms with Gasteiger partial charge in [0, 0.05) is 29.1 Å². The van der Waals surface area contributed by atoms with Gasteiger partial charge in [0.05, 0.1) is 0 Å². The maximum atomic E-state index is 5.91. The van der Waals surface area contributed by atoms with E-state index in [1.807, 2.05) is 0 Å². The molecule has 0 radical (unpaired) electrons. The average Bonchev–Trinajstić information content (AvgIpc) is 2.88. The van der Waals surface area contributed by atoms with Crippen LogP contribution in [0.5, 0.6) is 0 Å². The molecule has 0 atom stereocenters. The van der Waals surface area contributed by atoms with Gasteiger partial charge in [-0.15, -0.1) is 11.6 Å². The van der Waals surface area contributed by atoms with Gasteiger partial charge < -0.3 is 4.90 Å². The van der Waals surface area contributed by atoms with Crippen molar-refractivity contribution in [3.05, 3.63) is 28.2 Å². The molecule has 1 aliphatic heterocycles. The molecule has 0 bridgehead atoms. The van der Waals surface area contributed by atoms with E-state index in [1.165, 1.54) is 62.9 Å². The number of hydrogen-bond donors (Lipinski definition) is 0. The summed E-state index contributed by atoms with van der Waals surface area (Å²) in [4.78, 5) is 2.53. The molecule has 3 heteroatoms. The van der Waals surface area contributed by atoms with Crippen LogP contribution in [0.1, 0.15) is 44.1 Å². The Hall–Kier alpha value is -0.210. The Morgan fingerprint density at radius 3 is 2.37 bits per heavy atom. The molecule has 0 amide bonds. The summed E-state index contributed by atoms with van der Waals surface area (Å²) in [6, 6.07) is 6.59. The number of halogens is 2. The summed E-state index contributed by atoms with van der Waals surface area (Å²) < 4.78 is 1.14. The molecule has 0 unspecified atom stereocenters. The number of anilines is 1. The van der Waals surface area contributed by atoms with Crippen molar-refractivity contribution in [2.45, 2.75) is 44.4 Å². The maximum absolute atomic E-state index is 5.91. The number of alkyl halides is 1. The van der Waals surface area contributed by atoms with Crippen LogP contribution in [0.4, 0.5) is 5.69 Å². The lowest BCUT2D eigenvalue weighted by Crippen LogP contribution is -2.38. The Balaban J connectivity index is 1.69. The van der Waals surface area contributed by atoms with Gasteiger partial charge in [0.2, 0.25) is 0 Å². The summed E-state index contributed by atoms with van der Waals surface area (Å²) in [5.74, 6) is 0.573. The minimum atomic E-state index is 0.573. The summed E-state index contributed by atoms with van der Waals surface area (Å²) in [7, 11) is 0. The predicted octanol–water partition coefficient (Wildman–Crippen LogP) is 5.35. The lowest BCUT2D eigenvalue weighted by atomic mass is 9.77. The van der Waals surface area contributed by atoms with E-state index in [0.717, 1.165) is 4.47 Å². The van der Waals surface area contributed by atoms with E-state index in [-0.39, 0.29) is 0 Å². The molecule has 1 heterocycles. The predicted molar refractivity (Wildman–Crippen MR) is 86.0 cm³/mol. The number of hydrogen-bond acceptors (Lipinski definition) is 1. The molecule has 1 saturated heterocycles. The van der Waals surface area contributed by atoms with Gasteiger partial charge in [-0.25, -0.2) is 0 Å². The Labute approximate surface area is 129 Å². The van der Waals surface area contributed by atoms with Gasteiger partial charge in [-0.2, -0.15) is 0 Å². The molecule has 0 N–H and O–H groups in total. The quantitative estimate of drug-likeness (QED) is 0.655. The van der Waals surface area contributed by atoms with Crippen molar-refractivity contribution in [1.82, 2.24) is 0 Å². The van der Waals surface area contributed by atoms with Gasteiger partial charge >= 0.3 is 0 Å². The van der Waals surface area contributed by atoms with Crippen LogP contribution in [0.3, 0.4) is 0 Å². The first kappa shape index (κ1) is 13.8. The van der Waals surface area contributed by atoms with Crippen molar-refractivity contribution in [3.8, 4) is 0 Å². The van der Waals surface area contributed by atoms with Gasteiger partial charge in [-0.3, -0.25) is 0 Å². The summed E-state index contributed by atoms with van der Waals surface area (Å²) >= 11 is 9.53. The smallest absolute Gasteiger partial charge is 0.0485 e. The van der Waals surface area contributed by atoms with E-state index in [4.69, 9.17) is 11.6 Å². The molecule has 1 saturated carbocycles. The zero-order valence-electron chi connectivity index (χ0n) is 11.3. The molecular formula is C16H21BrClN. The van der Waals surface area contributed by atoms with E-state index in [1.54, 1.807) is 0 Å². The number of benzene rings is 1. The molecule has 3 rings (SSSR count). The van der Waals surface area contributed by atoms with E-state index < -0.39 is 0 Å². The Morgan fingerprint density at radius 1 is 1.11 bits per heavy atom. The molecule has 2 aliphatic rings.